The summed E-state index contributed by atoms with van der Waals surface area (Å²) >= 11 is 0. The van der Waals surface area contributed by atoms with Gasteiger partial charge in [0, 0.05) is 0 Å². The SMILES string of the molecule is C=CC=C1COCOC1. The maximum absolute atomic E-state index is 5.00. The Balaban J connectivity index is 2.39. The Labute approximate surface area is 54.8 Å². The molecule has 1 aliphatic rings. The predicted octanol–water partition coefficient (Wildman–Crippen LogP) is 1.10. The van der Waals surface area contributed by atoms with E-state index in [2.05, 4.69) is 6.58 Å². The third kappa shape index (κ3) is 2.00. The lowest BCUT2D eigenvalue weighted by molar-refractivity contribution is -0.0691. The molecule has 0 saturated carbocycles. The molecule has 0 bridgehead atoms. The summed E-state index contributed by atoms with van der Waals surface area (Å²) in [6.07, 6.45) is 3.66. The molecule has 2 heteroatoms. The van der Waals surface area contributed by atoms with Crippen LogP contribution in [-0.4, -0.2) is 20.0 Å². The standard InChI is InChI=1S/C7H10O2/c1-2-3-7-4-8-6-9-5-7/h2-3H,1,4-6H2. The molecule has 0 N–H and O–H groups in total. The molecule has 9 heavy (non-hydrogen) atoms. The smallest absolute Gasteiger partial charge is 0.147 e. The summed E-state index contributed by atoms with van der Waals surface area (Å²) < 4.78 is 9.99. The van der Waals surface area contributed by atoms with Crippen molar-refractivity contribution in [1.82, 2.24) is 0 Å². The summed E-state index contributed by atoms with van der Waals surface area (Å²) in [5.74, 6) is 0. The van der Waals surface area contributed by atoms with Gasteiger partial charge in [-0.05, 0) is 5.57 Å². The van der Waals surface area contributed by atoms with Crippen LogP contribution in [-0.2, 0) is 9.47 Å². The van der Waals surface area contributed by atoms with E-state index in [1.54, 1.807) is 6.08 Å². The largest absolute Gasteiger partial charge is 0.351 e. The molecule has 1 saturated heterocycles. The summed E-state index contributed by atoms with van der Waals surface area (Å²) in [6.45, 7) is 5.37. The van der Waals surface area contributed by atoms with Crippen molar-refractivity contribution >= 4 is 0 Å². The molecule has 0 aromatic carbocycles. The first-order valence-electron chi connectivity index (χ1n) is 2.89. The van der Waals surface area contributed by atoms with Crippen molar-refractivity contribution in [3.05, 3.63) is 24.3 Å². The van der Waals surface area contributed by atoms with E-state index < -0.39 is 0 Å². The van der Waals surface area contributed by atoms with Crippen molar-refractivity contribution in [2.45, 2.75) is 0 Å². The highest BCUT2D eigenvalue weighted by molar-refractivity contribution is 5.11. The molecule has 1 aliphatic heterocycles. The van der Waals surface area contributed by atoms with Gasteiger partial charge in [0.1, 0.15) is 6.79 Å². The quantitative estimate of drug-likeness (QED) is 0.524. The molecule has 1 rings (SSSR count). The van der Waals surface area contributed by atoms with Crippen LogP contribution in [0.3, 0.4) is 0 Å². The molecule has 0 aliphatic carbocycles. The first kappa shape index (κ1) is 6.52. The van der Waals surface area contributed by atoms with E-state index in [1.807, 2.05) is 6.08 Å². The van der Waals surface area contributed by atoms with Crippen LogP contribution in [0.1, 0.15) is 0 Å². The van der Waals surface area contributed by atoms with Crippen molar-refractivity contribution in [3.8, 4) is 0 Å². The van der Waals surface area contributed by atoms with Crippen molar-refractivity contribution in [2.75, 3.05) is 20.0 Å². The fraction of sp³-hybridized carbons (Fsp3) is 0.429. The number of rotatable bonds is 1. The predicted molar refractivity (Wildman–Crippen MR) is 35.1 cm³/mol. The van der Waals surface area contributed by atoms with Crippen LogP contribution in [0.25, 0.3) is 0 Å². The van der Waals surface area contributed by atoms with Crippen LogP contribution >= 0.6 is 0 Å². The maximum Gasteiger partial charge on any atom is 0.147 e. The van der Waals surface area contributed by atoms with Crippen LogP contribution in [0, 0.1) is 0 Å². The summed E-state index contributed by atoms with van der Waals surface area (Å²) in [5, 5.41) is 0. The average molecular weight is 126 g/mol. The van der Waals surface area contributed by atoms with Gasteiger partial charge in [-0.15, -0.1) is 0 Å². The Morgan fingerprint density at radius 1 is 1.33 bits per heavy atom. The van der Waals surface area contributed by atoms with Crippen LogP contribution in [0.2, 0.25) is 0 Å². The van der Waals surface area contributed by atoms with Gasteiger partial charge in [-0.2, -0.15) is 0 Å². The molecule has 1 fully saturated rings. The van der Waals surface area contributed by atoms with Gasteiger partial charge in [0.25, 0.3) is 0 Å². The van der Waals surface area contributed by atoms with E-state index in [4.69, 9.17) is 9.47 Å². The summed E-state index contributed by atoms with van der Waals surface area (Å²) in [5.41, 5.74) is 1.15. The first-order valence-corrected chi connectivity index (χ1v) is 2.89. The second-order valence-corrected chi connectivity index (χ2v) is 1.88. The molecule has 0 unspecified atom stereocenters. The normalized spacial score (nSPS) is 19.3. The lowest BCUT2D eigenvalue weighted by atomic mass is 10.3. The van der Waals surface area contributed by atoms with Gasteiger partial charge in [-0.25, -0.2) is 0 Å². The van der Waals surface area contributed by atoms with Crippen LogP contribution in [0.4, 0.5) is 0 Å². The van der Waals surface area contributed by atoms with Gasteiger partial charge in [0.2, 0.25) is 0 Å². The van der Waals surface area contributed by atoms with E-state index in [-0.39, 0.29) is 0 Å². The lowest BCUT2D eigenvalue weighted by Crippen LogP contribution is -2.14. The maximum atomic E-state index is 5.00. The summed E-state index contributed by atoms with van der Waals surface area (Å²) in [6, 6.07) is 0. The molecule has 2 nitrogen and oxygen atoms in total. The van der Waals surface area contributed by atoms with E-state index in [9.17, 15) is 0 Å². The van der Waals surface area contributed by atoms with Crippen LogP contribution < -0.4 is 0 Å². The van der Waals surface area contributed by atoms with E-state index in [0.717, 1.165) is 5.57 Å². The lowest BCUT2D eigenvalue weighted by Gasteiger charge is -2.14. The Morgan fingerprint density at radius 3 is 2.56 bits per heavy atom. The van der Waals surface area contributed by atoms with E-state index in [1.165, 1.54) is 0 Å². The van der Waals surface area contributed by atoms with Crippen LogP contribution in [0.5, 0.6) is 0 Å². The third-order valence-corrected chi connectivity index (χ3v) is 1.10. The highest BCUT2D eigenvalue weighted by Gasteiger charge is 2.02. The molecule has 1 heterocycles. The van der Waals surface area contributed by atoms with E-state index in [0.29, 0.717) is 20.0 Å². The van der Waals surface area contributed by atoms with Gasteiger partial charge in [-0.1, -0.05) is 18.7 Å². The Bertz CT molecular complexity index is 119. The van der Waals surface area contributed by atoms with Gasteiger partial charge in [0.05, 0.1) is 13.2 Å². The summed E-state index contributed by atoms with van der Waals surface area (Å²) in [4.78, 5) is 0. The average Bonchev–Trinajstić information content (AvgIpc) is 1.91. The third-order valence-electron chi connectivity index (χ3n) is 1.10. The fourth-order valence-electron chi connectivity index (χ4n) is 0.709. The Morgan fingerprint density at radius 2 is 2.00 bits per heavy atom. The number of hydrogen-bond acceptors (Lipinski definition) is 2. The van der Waals surface area contributed by atoms with Gasteiger partial charge >= 0.3 is 0 Å². The number of hydrogen-bond donors (Lipinski definition) is 0. The molecule has 0 aromatic heterocycles. The van der Waals surface area contributed by atoms with E-state index >= 15 is 0 Å². The van der Waals surface area contributed by atoms with Crippen molar-refractivity contribution in [3.63, 3.8) is 0 Å². The monoisotopic (exact) mass is 126 g/mol. The number of allylic oxidation sites excluding steroid dienone is 2. The fourth-order valence-corrected chi connectivity index (χ4v) is 0.709. The second kappa shape index (κ2) is 3.43. The van der Waals surface area contributed by atoms with Gasteiger partial charge < -0.3 is 9.47 Å². The molecule has 0 spiro atoms. The second-order valence-electron chi connectivity index (χ2n) is 1.88. The highest BCUT2D eigenvalue weighted by Crippen LogP contribution is 2.02. The molecular weight excluding hydrogens is 116 g/mol. The van der Waals surface area contributed by atoms with Gasteiger partial charge in [0.15, 0.2) is 0 Å². The molecule has 0 radical (unpaired) electrons. The summed E-state index contributed by atoms with van der Waals surface area (Å²) in [7, 11) is 0. The molecule has 50 valence electrons. The minimum absolute atomic E-state index is 0.425. The van der Waals surface area contributed by atoms with Crippen molar-refractivity contribution in [2.24, 2.45) is 0 Å². The number of ether oxygens (including phenoxy) is 2. The van der Waals surface area contributed by atoms with Gasteiger partial charge in [-0.3, -0.25) is 0 Å². The topological polar surface area (TPSA) is 18.5 Å². The zero-order valence-corrected chi connectivity index (χ0v) is 5.30. The first-order chi connectivity index (χ1) is 4.43. The Hall–Kier alpha value is -0.600. The highest BCUT2D eigenvalue weighted by atomic mass is 16.7. The Kier molecular flexibility index (Phi) is 2.48. The van der Waals surface area contributed by atoms with Crippen molar-refractivity contribution in [1.29, 1.82) is 0 Å². The zero-order chi connectivity index (χ0) is 6.53. The van der Waals surface area contributed by atoms with Crippen LogP contribution in [0.15, 0.2) is 24.3 Å². The molecule has 0 aromatic rings. The molecular formula is C7H10O2. The minimum Gasteiger partial charge on any atom is -0.351 e. The molecule has 0 atom stereocenters. The molecule has 0 amide bonds. The van der Waals surface area contributed by atoms with Crippen molar-refractivity contribution < 1.29 is 9.47 Å². The zero-order valence-electron chi connectivity index (χ0n) is 5.30. The minimum atomic E-state index is 0.425.